The molecule has 0 spiro atoms. The number of hydrogen-bond donors (Lipinski definition) is 1. The third kappa shape index (κ3) is 3.72. The van der Waals surface area contributed by atoms with Crippen molar-refractivity contribution in [3.8, 4) is 0 Å². The quantitative estimate of drug-likeness (QED) is 0.856. The van der Waals surface area contributed by atoms with Gasteiger partial charge in [0.05, 0.1) is 17.1 Å². The molecule has 0 aromatic carbocycles. The van der Waals surface area contributed by atoms with Gasteiger partial charge in [-0.05, 0) is 13.0 Å². The van der Waals surface area contributed by atoms with Gasteiger partial charge >= 0.3 is 0 Å². The van der Waals surface area contributed by atoms with Crippen LogP contribution < -0.4 is 5.73 Å². The Morgan fingerprint density at radius 3 is 2.47 bits per heavy atom. The number of nitrogens with zero attached hydrogens (tertiary/aromatic N) is 3. The second kappa shape index (κ2) is 6.26. The molecule has 0 unspecified atom stereocenters. The van der Waals surface area contributed by atoms with Crippen LogP contribution >= 0.6 is 23.6 Å². The minimum absolute atomic E-state index is 0.369. The van der Waals surface area contributed by atoms with E-state index in [0.29, 0.717) is 10.9 Å². The van der Waals surface area contributed by atoms with E-state index in [-0.39, 0.29) is 0 Å². The largest absolute Gasteiger partial charge is 0.389 e. The van der Waals surface area contributed by atoms with Crippen LogP contribution in [0.2, 0.25) is 0 Å². The van der Waals surface area contributed by atoms with Gasteiger partial charge in [-0.1, -0.05) is 26.1 Å². The van der Waals surface area contributed by atoms with Crippen LogP contribution in [-0.2, 0) is 6.54 Å². The third-order valence-electron chi connectivity index (χ3n) is 3.42. The summed E-state index contributed by atoms with van der Waals surface area (Å²) in [5.41, 5.74) is 6.86. The number of piperazine rings is 1. The first-order valence-corrected chi connectivity index (χ1v) is 7.90. The second-order valence-corrected chi connectivity index (χ2v) is 6.94. The molecular formula is C13H22N4S2. The summed E-state index contributed by atoms with van der Waals surface area (Å²) in [4.78, 5) is 11.0. The first-order valence-electron chi connectivity index (χ1n) is 6.67. The average Bonchev–Trinajstić information content (AvgIpc) is 2.76. The number of thiocarbonyl (C=S) groups is 1. The van der Waals surface area contributed by atoms with Crippen molar-refractivity contribution in [2.75, 3.05) is 33.2 Å². The van der Waals surface area contributed by atoms with Crippen LogP contribution in [0.4, 0.5) is 0 Å². The summed E-state index contributed by atoms with van der Waals surface area (Å²) in [5, 5.41) is 1.14. The molecule has 2 heterocycles. The van der Waals surface area contributed by atoms with Gasteiger partial charge in [0.25, 0.3) is 0 Å². The Bertz CT molecular complexity index is 447. The molecule has 1 saturated heterocycles. The van der Waals surface area contributed by atoms with Crippen LogP contribution in [0.3, 0.4) is 0 Å². The molecule has 106 valence electrons. The Morgan fingerprint density at radius 1 is 1.37 bits per heavy atom. The topological polar surface area (TPSA) is 45.4 Å². The van der Waals surface area contributed by atoms with Gasteiger partial charge in [-0.2, -0.15) is 0 Å². The van der Waals surface area contributed by atoms with Crippen LogP contribution in [0.15, 0.2) is 0 Å². The zero-order valence-electron chi connectivity index (χ0n) is 11.8. The number of hydrogen-bond acceptors (Lipinski definition) is 5. The number of rotatable bonds is 4. The van der Waals surface area contributed by atoms with E-state index in [1.807, 2.05) is 0 Å². The van der Waals surface area contributed by atoms with Gasteiger partial charge in [0.2, 0.25) is 0 Å². The van der Waals surface area contributed by atoms with Gasteiger partial charge in [-0.3, -0.25) is 4.90 Å². The van der Waals surface area contributed by atoms with Gasteiger partial charge in [0.1, 0.15) is 10.00 Å². The lowest BCUT2D eigenvalue weighted by molar-refractivity contribution is 0.148. The summed E-state index contributed by atoms with van der Waals surface area (Å²) in [6.45, 7) is 9.66. The monoisotopic (exact) mass is 298 g/mol. The minimum atomic E-state index is 0.369. The lowest BCUT2D eigenvalue weighted by Gasteiger charge is -2.31. The number of thiazole rings is 1. The Hall–Kier alpha value is -0.560. The molecule has 0 bridgehead atoms. The smallest absolute Gasteiger partial charge is 0.116 e. The predicted octanol–water partition coefficient (Wildman–Crippen LogP) is 1.65. The lowest BCUT2D eigenvalue weighted by Crippen LogP contribution is -2.43. The predicted molar refractivity (Wildman–Crippen MR) is 84.9 cm³/mol. The molecule has 0 radical (unpaired) electrons. The fourth-order valence-corrected chi connectivity index (χ4v) is 3.55. The molecule has 0 atom stereocenters. The number of nitrogens with two attached hydrogens (primary N) is 1. The molecule has 19 heavy (non-hydrogen) atoms. The maximum Gasteiger partial charge on any atom is 0.116 e. The van der Waals surface area contributed by atoms with Crippen LogP contribution in [0.1, 0.15) is 35.3 Å². The van der Waals surface area contributed by atoms with Crippen molar-refractivity contribution in [3.05, 3.63) is 15.6 Å². The van der Waals surface area contributed by atoms with E-state index in [0.717, 1.165) is 48.3 Å². The van der Waals surface area contributed by atoms with Crippen LogP contribution in [-0.4, -0.2) is 53.0 Å². The van der Waals surface area contributed by atoms with Crippen molar-refractivity contribution >= 4 is 28.5 Å². The van der Waals surface area contributed by atoms with Gasteiger partial charge in [0.15, 0.2) is 0 Å². The third-order valence-corrected chi connectivity index (χ3v) is 4.85. The normalized spacial score (nSPS) is 18.1. The van der Waals surface area contributed by atoms with Crippen molar-refractivity contribution in [2.24, 2.45) is 5.73 Å². The van der Waals surface area contributed by atoms with Gasteiger partial charge in [-0.25, -0.2) is 4.98 Å². The summed E-state index contributed by atoms with van der Waals surface area (Å²) in [7, 11) is 2.17. The van der Waals surface area contributed by atoms with E-state index < -0.39 is 0 Å². The molecule has 2 rings (SSSR count). The second-order valence-electron chi connectivity index (χ2n) is 5.42. The molecule has 0 amide bonds. The highest BCUT2D eigenvalue weighted by Gasteiger charge is 2.19. The summed E-state index contributed by atoms with van der Waals surface area (Å²) in [6.07, 6.45) is 0. The van der Waals surface area contributed by atoms with Gasteiger partial charge < -0.3 is 10.6 Å². The van der Waals surface area contributed by atoms with Crippen molar-refractivity contribution in [3.63, 3.8) is 0 Å². The molecule has 1 aliphatic rings. The molecular weight excluding hydrogens is 276 g/mol. The highest BCUT2D eigenvalue weighted by molar-refractivity contribution is 7.81. The van der Waals surface area contributed by atoms with E-state index in [2.05, 4.69) is 30.7 Å². The first kappa shape index (κ1) is 14.8. The lowest BCUT2D eigenvalue weighted by atomic mass is 10.1. The Balaban J connectivity index is 2.08. The SMILES string of the molecule is CC(C)c1nc(CN2CCN(C)CC2)sc1C(N)=S. The van der Waals surface area contributed by atoms with E-state index in [9.17, 15) is 0 Å². The molecule has 1 aliphatic heterocycles. The summed E-state index contributed by atoms with van der Waals surface area (Å²) >= 11 is 6.79. The molecule has 2 N–H and O–H groups in total. The molecule has 1 aromatic heterocycles. The summed E-state index contributed by atoms with van der Waals surface area (Å²) in [5.74, 6) is 0.369. The van der Waals surface area contributed by atoms with Crippen molar-refractivity contribution in [1.82, 2.24) is 14.8 Å². The minimum Gasteiger partial charge on any atom is -0.389 e. The van der Waals surface area contributed by atoms with E-state index in [4.69, 9.17) is 22.9 Å². The van der Waals surface area contributed by atoms with Crippen molar-refractivity contribution < 1.29 is 0 Å². The highest BCUT2D eigenvalue weighted by atomic mass is 32.1. The molecule has 4 nitrogen and oxygen atoms in total. The van der Waals surface area contributed by atoms with Gasteiger partial charge in [-0.15, -0.1) is 11.3 Å². The maximum atomic E-state index is 5.80. The van der Waals surface area contributed by atoms with Crippen LogP contribution in [0.25, 0.3) is 0 Å². The molecule has 0 saturated carbocycles. The zero-order valence-corrected chi connectivity index (χ0v) is 13.5. The Morgan fingerprint density at radius 2 is 2.00 bits per heavy atom. The molecule has 6 heteroatoms. The van der Waals surface area contributed by atoms with E-state index >= 15 is 0 Å². The highest BCUT2D eigenvalue weighted by Crippen LogP contribution is 2.26. The van der Waals surface area contributed by atoms with Crippen LogP contribution in [0, 0.1) is 0 Å². The van der Waals surface area contributed by atoms with Crippen LogP contribution in [0.5, 0.6) is 0 Å². The molecule has 1 fully saturated rings. The average molecular weight is 298 g/mol. The first-order chi connectivity index (χ1) is 8.97. The molecule has 0 aliphatic carbocycles. The summed E-state index contributed by atoms with van der Waals surface area (Å²) in [6, 6.07) is 0. The van der Waals surface area contributed by atoms with Crippen molar-refractivity contribution in [1.29, 1.82) is 0 Å². The maximum absolute atomic E-state index is 5.80. The number of aromatic nitrogens is 1. The zero-order chi connectivity index (χ0) is 14.0. The van der Waals surface area contributed by atoms with Gasteiger partial charge in [0, 0.05) is 26.2 Å². The van der Waals surface area contributed by atoms with E-state index in [1.165, 1.54) is 0 Å². The summed E-state index contributed by atoms with van der Waals surface area (Å²) < 4.78 is 0. The fraction of sp³-hybridized carbons (Fsp3) is 0.692. The fourth-order valence-electron chi connectivity index (χ4n) is 2.21. The molecule has 1 aromatic rings. The van der Waals surface area contributed by atoms with Crippen molar-refractivity contribution in [2.45, 2.75) is 26.3 Å². The van der Waals surface area contributed by atoms with E-state index in [1.54, 1.807) is 11.3 Å². The number of likely N-dealkylation sites (N-methyl/N-ethyl adjacent to an activating group) is 1. The Kier molecular flexibility index (Phi) is 4.89. The standard InChI is InChI=1S/C13H22N4S2/c1-9(2)11-12(13(14)18)19-10(15-11)8-17-6-4-16(3)5-7-17/h9H,4-8H2,1-3H3,(H2,14,18). The Labute approximate surface area is 124 Å².